The van der Waals surface area contributed by atoms with E-state index in [0.717, 1.165) is 24.8 Å². The van der Waals surface area contributed by atoms with Gasteiger partial charge in [-0.05, 0) is 80.0 Å². The van der Waals surface area contributed by atoms with Crippen LogP contribution in [0.2, 0.25) is 0 Å². The van der Waals surface area contributed by atoms with Crippen molar-refractivity contribution in [1.82, 2.24) is 14.9 Å². The molecule has 1 fully saturated rings. The fraction of sp³-hybridized carbons (Fsp3) is 0.462. The number of amides is 1. The van der Waals surface area contributed by atoms with Crippen LogP contribution >= 0.6 is 0 Å². The van der Waals surface area contributed by atoms with Gasteiger partial charge in [-0.1, -0.05) is 20.8 Å². The SMILES string of the molecule is CCNC(=O)c1ccc2c(c1)nc(Nc1ccc(OC(F)(F)F)cc1)n2C1CC(C)CC(C)(C)C1. The second-order valence-electron chi connectivity index (χ2n) is 10.1. The number of hydrogen-bond donors (Lipinski definition) is 2. The molecule has 9 heteroatoms. The summed E-state index contributed by atoms with van der Waals surface area (Å²) in [5.41, 5.74) is 2.87. The number of aromatic nitrogens is 2. The summed E-state index contributed by atoms with van der Waals surface area (Å²) in [5, 5.41) is 6.09. The van der Waals surface area contributed by atoms with Crippen LogP contribution in [0.15, 0.2) is 42.5 Å². The predicted octanol–water partition coefficient (Wildman–Crippen LogP) is 6.82. The number of fused-ring (bicyclic) bond motifs is 1. The van der Waals surface area contributed by atoms with Crippen molar-refractivity contribution in [1.29, 1.82) is 0 Å². The second-order valence-corrected chi connectivity index (χ2v) is 10.1. The highest BCUT2D eigenvalue weighted by molar-refractivity contribution is 5.97. The van der Waals surface area contributed by atoms with Crippen molar-refractivity contribution in [3.8, 4) is 5.75 Å². The molecule has 35 heavy (non-hydrogen) atoms. The summed E-state index contributed by atoms with van der Waals surface area (Å²) >= 11 is 0. The number of alkyl halides is 3. The van der Waals surface area contributed by atoms with Gasteiger partial charge in [0.05, 0.1) is 11.0 Å². The summed E-state index contributed by atoms with van der Waals surface area (Å²) in [6.45, 7) is 9.20. The fourth-order valence-electron chi connectivity index (χ4n) is 5.32. The van der Waals surface area contributed by atoms with Crippen molar-refractivity contribution in [2.45, 2.75) is 59.4 Å². The van der Waals surface area contributed by atoms with Gasteiger partial charge in [-0.25, -0.2) is 4.98 Å². The van der Waals surface area contributed by atoms with Crippen molar-refractivity contribution in [3.63, 3.8) is 0 Å². The highest BCUT2D eigenvalue weighted by Gasteiger charge is 2.35. The number of nitrogens with one attached hydrogen (secondary N) is 2. The van der Waals surface area contributed by atoms with E-state index in [9.17, 15) is 18.0 Å². The Balaban J connectivity index is 1.73. The quantitative estimate of drug-likeness (QED) is 0.400. The first kappa shape index (κ1) is 24.9. The molecule has 1 heterocycles. The highest BCUT2D eigenvalue weighted by atomic mass is 19.4. The second kappa shape index (κ2) is 9.43. The largest absolute Gasteiger partial charge is 0.573 e. The molecule has 2 unspecified atom stereocenters. The zero-order valence-electron chi connectivity index (χ0n) is 20.4. The Hall–Kier alpha value is -3.23. The summed E-state index contributed by atoms with van der Waals surface area (Å²) in [6, 6.07) is 11.3. The lowest BCUT2D eigenvalue weighted by Gasteiger charge is -2.40. The van der Waals surface area contributed by atoms with Gasteiger partial charge < -0.3 is 19.9 Å². The first-order chi connectivity index (χ1) is 16.4. The average molecular weight is 489 g/mol. The van der Waals surface area contributed by atoms with E-state index < -0.39 is 6.36 Å². The van der Waals surface area contributed by atoms with Gasteiger partial charge in [0.15, 0.2) is 0 Å². The molecule has 0 saturated heterocycles. The van der Waals surface area contributed by atoms with Crippen LogP contribution < -0.4 is 15.4 Å². The summed E-state index contributed by atoms with van der Waals surface area (Å²) < 4.78 is 43.7. The first-order valence-corrected chi connectivity index (χ1v) is 11.9. The predicted molar refractivity (Wildman–Crippen MR) is 130 cm³/mol. The first-order valence-electron chi connectivity index (χ1n) is 11.9. The fourth-order valence-corrected chi connectivity index (χ4v) is 5.32. The van der Waals surface area contributed by atoms with Crippen molar-refractivity contribution < 1.29 is 22.7 Å². The number of imidazole rings is 1. The summed E-state index contributed by atoms with van der Waals surface area (Å²) in [7, 11) is 0. The molecular weight excluding hydrogens is 457 g/mol. The maximum absolute atomic E-state index is 12.5. The van der Waals surface area contributed by atoms with Crippen LogP contribution in [0.3, 0.4) is 0 Å². The molecule has 1 amide bonds. The van der Waals surface area contributed by atoms with E-state index in [4.69, 9.17) is 4.98 Å². The number of anilines is 2. The molecule has 6 nitrogen and oxygen atoms in total. The molecule has 0 radical (unpaired) electrons. The minimum atomic E-state index is -4.74. The topological polar surface area (TPSA) is 68.2 Å². The molecule has 2 atom stereocenters. The van der Waals surface area contributed by atoms with Gasteiger partial charge in [-0.2, -0.15) is 0 Å². The lowest BCUT2D eigenvalue weighted by Crippen LogP contribution is -2.29. The van der Waals surface area contributed by atoms with Crippen LogP contribution in [-0.2, 0) is 0 Å². The Morgan fingerprint density at radius 3 is 2.51 bits per heavy atom. The Morgan fingerprint density at radius 2 is 1.89 bits per heavy atom. The molecule has 0 bridgehead atoms. The number of benzene rings is 2. The molecule has 2 aromatic carbocycles. The lowest BCUT2D eigenvalue weighted by atomic mass is 9.70. The normalized spacial score (nSPS) is 20.0. The van der Waals surface area contributed by atoms with E-state index in [1.54, 1.807) is 12.1 Å². The van der Waals surface area contributed by atoms with E-state index in [0.29, 0.717) is 35.2 Å². The maximum atomic E-state index is 12.5. The minimum Gasteiger partial charge on any atom is -0.406 e. The van der Waals surface area contributed by atoms with Crippen molar-refractivity contribution in [2.75, 3.05) is 11.9 Å². The summed E-state index contributed by atoms with van der Waals surface area (Å²) in [4.78, 5) is 17.2. The molecule has 0 spiro atoms. The Morgan fingerprint density at radius 1 is 1.17 bits per heavy atom. The minimum absolute atomic E-state index is 0.160. The van der Waals surface area contributed by atoms with Crippen LogP contribution in [0.25, 0.3) is 11.0 Å². The number of rotatable bonds is 6. The smallest absolute Gasteiger partial charge is 0.406 e. The van der Waals surface area contributed by atoms with Crippen LogP contribution in [0.1, 0.15) is 63.4 Å². The number of carbonyl (C=O) groups excluding carboxylic acids is 1. The van der Waals surface area contributed by atoms with Crippen LogP contribution in [0, 0.1) is 11.3 Å². The standard InChI is InChI=1S/C26H31F3N4O2/c1-5-30-23(34)17-6-11-22-21(13-17)32-24(33(22)19-12-16(2)14-25(3,4)15-19)31-18-7-9-20(10-8-18)35-26(27,28)29/h6-11,13,16,19H,5,12,14-15H2,1-4H3,(H,30,34)(H,31,32). The van der Waals surface area contributed by atoms with E-state index >= 15 is 0 Å². The third-order valence-corrected chi connectivity index (χ3v) is 6.36. The third-order valence-electron chi connectivity index (χ3n) is 6.36. The number of hydrogen-bond acceptors (Lipinski definition) is 4. The van der Waals surface area contributed by atoms with Crippen molar-refractivity contribution >= 4 is 28.6 Å². The summed E-state index contributed by atoms with van der Waals surface area (Å²) in [5.74, 6) is 0.673. The lowest BCUT2D eigenvalue weighted by molar-refractivity contribution is -0.274. The zero-order valence-corrected chi connectivity index (χ0v) is 20.4. The van der Waals surface area contributed by atoms with Gasteiger partial charge in [0.2, 0.25) is 5.95 Å². The molecule has 2 N–H and O–H groups in total. The molecule has 1 saturated carbocycles. The molecule has 1 aliphatic rings. The highest BCUT2D eigenvalue weighted by Crippen LogP contribution is 2.46. The Labute approximate surface area is 202 Å². The number of halogens is 3. The number of ether oxygens (including phenoxy) is 1. The van der Waals surface area contributed by atoms with Gasteiger partial charge in [0.1, 0.15) is 5.75 Å². The van der Waals surface area contributed by atoms with Gasteiger partial charge >= 0.3 is 6.36 Å². The van der Waals surface area contributed by atoms with Crippen molar-refractivity contribution in [2.24, 2.45) is 11.3 Å². The molecule has 1 aliphatic carbocycles. The van der Waals surface area contributed by atoms with Gasteiger partial charge in [-0.3, -0.25) is 4.79 Å². The zero-order chi connectivity index (χ0) is 25.4. The van der Waals surface area contributed by atoms with E-state index in [-0.39, 0.29) is 23.1 Å². The number of nitrogens with zero attached hydrogens (tertiary/aromatic N) is 2. The molecule has 3 aromatic rings. The molecular formula is C26H31F3N4O2. The third kappa shape index (κ3) is 5.89. The van der Waals surface area contributed by atoms with E-state index in [1.165, 1.54) is 24.3 Å². The molecule has 4 rings (SSSR count). The van der Waals surface area contributed by atoms with Gasteiger partial charge in [0, 0.05) is 23.8 Å². The van der Waals surface area contributed by atoms with Gasteiger partial charge in [-0.15, -0.1) is 13.2 Å². The Bertz CT molecular complexity index is 1200. The average Bonchev–Trinajstić information content (AvgIpc) is 3.10. The number of carbonyl (C=O) groups is 1. The summed E-state index contributed by atoms with van der Waals surface area (Å²) in [6.07, 6.45) is -1.65. The maximum Gasteiger partial charge on any atom is 0.573 e. The van der Waals surface area contributed by atoms with Crippen LogP contribution in [0.4, 0.5) is 24.8 Å². The molecule has 188 valence electrons. The molecule has 1 aromatic heterocycles. The van der Waals surface area contributed by atoms with E-state index in [2.05, 4.69) is 40.7 Å². The van der Waals surface area contributed by atoms with E-state index in [1.807, 2.05) is 13.0 Å². The van der Waals surface area contributed by atoms with Gasteiger partial charge in [0.25, 0.3) is 5.91 Å². The molecule has 0 aliphatic heterocycles. The van der Waals surface area contributed by atoms with Crippen LogP contribution in [0.5, 0.6) is 5.75 Å². The van der Waals surface area contributed by atoms with Crippen molar-refractivity contribution in [3.05, 3.63) is 48.0 Å². The Kier molecular flexibility index (Phi) is 6.71. The van der Waals surface area contributed by atoms with Crippen LogP contribution in [-0.4, -0.2) is 28.4 Å². The monoisotopic (exact) mass is 488 g/mol.